The number of hydrogen-bond acceptors (Lipinski definition) is 3. The molecule has 126 valence electrons. The summed E-state index contributed by atoms with van der Waals surface area (Å²) in [5.41, 5.74) is 2.17. The molecule has 0 saturated heterocycles. The number of thiocarbonyl (C=S) groups is 1. The van der Waals surface area contributed by atoms with E-state index in [1.54, 1.807) is 50.2 Å². The number of nitrogens with one attached hydrogen (secondary N) is 2. The molecule has 0 bridgehead atoms. The molecular formula is C18H19FN2O2S. The average molecular weight is 346 g/mol. The van der Waals surface area contributed by atoms with E-state index < -0.39 is 0 Å². The molecule has 0 aromatic heterocycles. The molecule has 0 amide bonds. The monoisotopic (exact) mass is 346 g/mol. The van der Waals surface area contributed by atoms with Crippen LogP contribution in [-0.2, 0) is 11.3 Å². The number of benzene rings is 2. The van der Waals surface area contributed by atoms with Crippen molar-refractivity contribution in [3.05, 3.63) is 65.5 Å². The molecular weight excluding hydrogens is 327 g/mol. The van der Waals surface area contributed by atoms with Gasteiger partial charge in [0.25, 0.3) is 0 Å². The number of esters is 1. The first kappa shape index (κ1) is 17.9. The molecule has 2 N–H and O–H groups in total. The molecule has 0 atom stereocenters. The Bertz CT molecular complexity index is 700. The van der Waals surface area contributed by atoms with Gasteiger partial charge in [-0.25, -0.2) is 9.18 Å². The Kier molecular flexibility index (Phi) is 6.26. The van der Waals surface area contributed by atoms with Crippen molar-refractivity contribution in [3.8, 4) is 0 Å². The summed E-state index contributed by atoms with van der Waals surface area (Å²) < 4.78 is 18.0. The van der Waals surface area contributed by atoms with Crippen LogP contribution in [0.15, 0.2) is 48.5 Å². The van der Waals surface area contributed by atoms with Crippen molar-refractivity contribution in [1.82, 2.24) is 5.32 Å². The van der Waals surface area contributed by atoms with Gasteiger partial charge >= 0.3 is 5.97 Å². The number of halogens is 1. The Hall–Kier alpha value is -2.47. The second-order valence-corrected chi connectivity index (χ2v) is 5.87. The lowest BCUT2D eigenvalue weighted by Gasteiger charge is -2.11. The topological polar surface area (TPSA) is 50.4 Å². The number of anilines is 1. The van der Waals surface area contributed by atoms with Crippen molar-refractivity contribution >= 4 is 29.0 Å². The minimum Gasteiger partial charge on any atom is -0.459 e. The molecule has 0 aliphatic carbocycles. The average Bonchev–Trinajstić information content (AvgIpc) is 2.54. The molecule has 2 aromatic carbocycles. The summed E-state index contributed by atoms with van der Waals surface area (Å²) in [6, 6.07) is 13.1. The molecule has 2 aromatic rings. The van der Waals surface area contributed by atoms with Crippen molar-refractivity contribution in [2.45, 2.75) is 26.5 Å². The Balaban J connectivity index is 1.85. The predicted molar refractivity (Wildman–Crippen MR) is 96.5 cm³/mol. The fourth-order valence-corrected chi connectivity index (χ4v) is 2.12. The number of carbonyl (C=O) groups is 1. The summed E-state index contributed by atoms with van der Waals surface area (Å²) >= 11 is 5.21. The van der Waals surface area contributed by atoms with E-state index in [0.717, 1.165) is 11.3 Å². The van der Waals surface area contributed by atoms with Crippen LogP contribution in [0.5, 0.6) is 0 Å². The molecule has 2 rings (SSSR count). The van der Waals surface area contributed by atoms with Gasteiger partial charge in [0.05, 0.1) is 11.7 Å². The van der Waals surface area contributed by atoms with E-state index >= 15 is 0 Å². The van der Waals surface area contributed by atoms with Crippen LogP contribution in [0.4, 0.5) is 10.1 Å². The SMILES string of the molecule is CC(C)OC(=O)c1ccc(NC(=S)NCc2ccc(F)cc2)cc1. The minimum absolute atomic E-state index is 0.154. The molecule has 0 aliphatic heterocycles. The molecule has 0 spiro atoms. The van der Waals surface area contributed by atoms with Gasteiger partial charge < -0.3 is 15.4 Å². The lowest BCUT2D eigenvalue weighted by molar-refractivity contribution is 0.0378. The highest BCUT2D eigenvalue weighted by Gasteiger charge is 2.08. The number of rotatable bonds is 5. The fraction of sp³-hybridized carbons (Fsp3) is 0.222. The van der Waals surface area contributed by atoms with E-state index in [9.17, 15) is 9.18 Å². The number of ether oxygens (including phenoxy) is 1. The maximum atomic E-state index is 12.8. The molecule has 0 saturated carbocycles. The zero-order chi connectivity index (χ0) is 17.5. The summed E-state index contributed by atoms with van der Waals surface area (Å²) in [6.45, 7) is 4.10. The lowest BCUT2D eigenvalue weighted by Crippen LogP contribution is -2.27. The predicted octanol–water partition coefficient (Wildman–Crippen LogP) is 3.88. The van der Waals surface area contributed by atoms with Crippen molar-refractivity contribution < 1.29 is 13.9 Å². The van der Waals surface area contributed by atoms with E-state index in [0.29, 0.717) is 17.2 Å². The van der Waals surface area contributed by atoms with Crippen LogP contribution in [0.1, 0.15) is 29.8 Å². The molecule has 24 heavy (non-hydrogen) atoms. The summed E-state index contributed by atoms with van der Waals surface area (Å²) in [5.74, 6) is -0.621. The highest BCUT2D eigenvalue weighted by Crippen LogP contribution is 2.11. The van der Waals surface area contributed by atoms with Gasteiger partial charge in [0.2, 0.25) is 0 Å². The van der Waals surface area contributed by atoms with Gasteiger partial charge in [0, 0.05) is 12.2 Å². The Morgan fingerprint density at radius 1 is 1.12 bits per heavy atom. The highest BCUT2D eigenvalue weighted by molar-refractivity contribution is 7.80. The van der Waals surface area contributed by atoms with Crippen molar-refractivity contribution in [2.24, 2.45) is 0 Å². The van der Waals surface area contributed by atoms with Crippen molar-refractivity contribution in [1.29, 1.82) is 0 Å². The van der Waals surface area contributed by atoms with Crippen molar-refractivity contribution in [2.75, 3.05) is 5.32 Å². The van der Waals surface area contributed by atoms with Crippen LogP contribution in [0.25, 0.3) is 0 Å². The second-order valence-electron chi connectivity index (χ2n) is 5.47. The maximum absolute atomic E-state index is 12.8. The smallest absolute Gasteiger partial charge is 0.338 e. The summed E-state index contributed by atoms with van der Waals surface area (Å²) in [4.78, 5) is 11.8. The van der Waals surface area contributed by atoms with Crippen LogP contribution in [0.2, 0.25) is 0 Å². The zero-order valence-corrected chi connectivity index (χ0v) is 14.3. The first-order chi connectivity index (χ1) is 11.4. The molecule has 0 heterocycles. The van der Waals surface area contributed by atoms with Gasteiger partial charge in [-0.1, -0.05) is 12.1 Å². The van der Waals surface area contributed by atoms with Crippen molar-refractivity contribution in [3.63, 3.8) is 0 Å². The normalized spacial score (nSPS) is 10.3. The van der Waals surface area contributed by atoms with Crippen LogP contribution in [0.3, 0.4) is 0 Å². The first-order valence-electron chi connectivity index (χ1n) is 7.54. The maximum Gasteiger partial charge on any atom is 0.338 e. The van der Waals surface area contributed by atoms with Gasteiger partial charge in [0.15, 0.2) is 5.11 Å². The third-order valence-corrected chi connectivity index (χ3v) is 3.33. The summed E-state index contributed by atoms with van der Waals surface area (Å²) in [6.07, 6.45) is -0.154. The quantitative estimate of drug-likeness (QED) is 0.636. The van der Waals surface area contributed by atoms with Gasteiger partial charge in [-0.2, -0.15) is 0 Å². The summed E-state index contributed by atoms with van der Waals surface area (Å²) in [7, 11) is 0. The second kappa shape index (κ2) is 8.40. The number of hydrogen-bond donors (Lipinski definition) is 2. The molecule has 0 fully saturated rings. The minimum atomic E-state index is -0.353. The van der Waals surface area contributed by atoms with Gasteiger partial charge in [-0.05, 0) is 68.0 Å². The third-order valence-electron chi connectivity index (χ3n) is 3.09. The van der Waals surface area contributed by atoms with Gasteiger partial charge in [-0.3, -0.25) is 0 Å². The zero-order valence-electron chi connectivity index (χ0n) is 13.5. The van der Waals surface area contributed by atoms with E-state index in [1.165, 1.54) is 12.1 Å². The van der Waals surface area contributed by atoms with Crippen LogP contribution in [-0.4, -0.2) is 17.2 Å². The van der Waals surface area contributed by atoms with Crippen LogP contribution >= 0.6 is 12.2 Å². The standard InChI is InChI=1S/C18H19FN2O2S/c1-12(2)23-17(22)14-5-9-16(10-6-14)21-18(24)20-11-13-3-7-15(19)8-4-13/h3-10,12H,11H2,1-2H3,(H2,20,21,24). The highest BCUT2D eigenvalue weighted by atomic mass is 32.1. The first-order valence-corrected chi connectivity index (χ1v) is 7.95. The largest absolute Gasteiger partial charge is 0.459 e. The fourth-order valence-electron chi connectivity index (χ4n) is 1.93. The summed E-state index contributed by atoms with van der Waals surface area (Å²) in [5, 5.41) is 6.50. The van der Waals surface area contributed by atoms with Gasteiger partial charge in [-0.15, -0.1) is 0 Å². The van der Waals surface area contributed by atoms with Gasteiger partial charge in [0.1, 0.15) is 5.82 Å². The molecule has 6 heteroatoms. The van der Waals surface area contributed by atoms with E-state index in [1.807, 2.05) is 0 Å². The molecule has 4 nitrogen and oxygen atoms in total. The number of carbonyl (C=O) groups excluding carboxylic acids is 1. The van der Waals surface area contributed by atoms with E-state index in [4.69, 9.17) is 17.0 Å². The Morgan fingerprint density at radius 2 is 1.75 bits per heavy atom. The molecule has 0 unspecified atom stereocenters. The van der Waals surface area contributed by atoms with E-state index in [-0.39, 0.29) is 17.9 Å². The van der Waals surface area contributed by atoms with Crippen LogP contribution in [0, 0.1) is 5.82 Å². The molecule has 0 aliphatic rings. The lowest BCUT2D eigenvalue weighted by atomic mass is 10.2. The Morgan fingerprint density at radius 3 is 2.33 bits per heavy atom. The Labute approximate surface area is 146 Å². The van der Waals surface area contributed by atoms with E-state index in [2.05, 4.69) is 10.6 Å². The third kappa shape index (κ3) is 5.62. The van der Waals surface area contributed by atoms with Crippen LogP contribution < -0.4 is 10.6 Å². The molecule has 0 radical (unpaired) electrons.